The maximum Gasteiger partial charge on any atom is 0.317 e. The first-order valence-electron chi connectivity index (χ1n) is 9.25. The van der Waals surface area contributed by atoms with Gasteiger partial charge < -0.3 is 10.4 Å². The number of likely N-dealkylation sites (N-methyl/N-ethyl adjacent to an activating group) is 1. The lowest BCUT2D eigenvalue weighted by Gasteiger charge is -2.44. The molecule has 0 radical (unpaired) electrons. The molecule has 0 bridgehead atoms. The molecule has 25 heavy (non-hydrogen) atoms. The molecule has 1 atom stereocenters. The van der Waals surface area contributed by atoms with Crippen molar-refractivity contribution in [3.63, 3.8) is 0 Å². The summed E-state index contributed by atoms with van der Waals surface area (Å²) in [4.78, 5) is 25.7. The maximum absolute atomic E-state index is 12.8. The number of hydrogen-bond acceptors (Lipinski definition) is 3. The molecule has 1 aromatic carbocycles. The van der Waals surface area contributed by atoms with Gasteiger partial charge in [-0.3, -0.25) is 14.5 Å². The number of amides is 1. The fourth-order valence-electron chi connectivity index (χ4n) is 4.12. The molecule has 136 valence electrons. The Morgan fingerprint density at radius 2 is 1.96 bits per heavy atom. The predicted molar refractivity (Wildman–Crippen MR) is 96.4 cm³/mol. The van der Waals surface area contributed by atoms with Crippen molar-refractivity contribution in [1.29, 1.82) is 0 Å². The zero-order valence-electron chi connectivity index (χ0n) is 15.1. The van der Waals surface area contributed by atoms with Gasteiger partial charge in [-0.05, 0) is 49.8 Å². The number of carboxylic acids is 1. The van der Waals surface area contributed by atoms with Crippen molar-refractivity contribution in [2.24, 2.45) is 5.41 Å². The van der Waals surface area contributed by atoms with Gasteiger partial charge in [-0.2, -0.15) is 0 Å². The number of carbonyl (C=O) groups excluding carboxylic acids is 1. The van der Waals surface area contributed by atoms with Gasteiger partial charge in [-0.1, -0.05) is 38.1 Å². The number of nitrogens with one attached hydrogen (secondary N) is 1. The van der Waals surface area contributed by atoms with Crippen molar-refractivity contribution in [3.8, 4) is 0 Å². The van der Waals surface area contributed by atoms with Crippen LogP contribution in [0.5, 0.6) is 0 Å². The fourth-order valence-corrected chi connectivity index (χ4v) is 4.12. The highest BCUT2D eigenvalue weighted by atomic mass is 16.4. The van der Waals surface area contributed by atoms with E-state index in [1.54, 1.807) is 0 Å². The monoisotopic (exact) mass is 344 g/mol. The molecule has 1 saturated carbocycles. The van der Waals surface area contributed by atoms with Gasteiger partial charge in [0.25, 0.3) is 0 Å². The van der Waals surface area contributed by atoms with Crippen molar-refractivity contribution in [2.75, 3.05) is 13.1 Å². The van der Waals surface area contributed by atoms with E-state index in [0.29, 0.717) is 0 Å². The minimum absolute atomic E-state index is 0.0797. The topological polar surface area (TPSA) is 69.6 Å². The van der Waals surface area contributed by atoms with Gasteiger partial charge in [0, 0.05) is 12.1 Å². The molecule has 2 aliphatic rings. The molecule has 0 spiro atoms. The van der Waals surface area contributed by atoms with Crippen LogP contribution in [-0.4, -0.2) is 47.1 Å². The zero-order chi connectivity index (χ0) is 18.0. The molecule has 0 saturated heterocycles. The maximum atomic E-state index is 12.8. The molecule has 1 unspecified atom stereocenters. The van der Waals surface area contributed by atoms with E-state index < -0.39 is 5.97 Å². The van der Waals surface area contributed by atoms with Crippen LogP contribution < -0.4 is 5.32 Å². The quantitative estimate of drug-likeness (QED) is 0.830. The molecular weight excluding hydrogens is 316 g/mol. The smallest absolute Gasteiger partial charge is 0.317 e. The molecule has 3 rings (SSSR count). The summed E-state index contributed by atoms with van der Waals surface area (Å²) in [7, 11) is 0. The van der Waals surface area contributed by atoms with Crippen LogP contribution in [0.25, 0.3) is 0 Å². The number of fused-ring (bicyclic) bond motifs is 1. The van der Waals surface area contributed by atoms with E-state index in [0.717, 1.165) is 38.6 Å². The van der Waals surface area contributed by atoms with Crippen molar-refractivity contribution in [1.82, 2.24) is 10.2 Å². The van der Waals surface area contributed by atoms with Gasteiger partial charge in [-0.25, -0.2) is 0 Å². The Bertz CT molecular complexity index is 654. The van der Waals surface area contributed by atoms with E-state index in [-0.39, 0.29) is 30.0 Å². The number of aryl methyl sites for hydroxylation is 1. The van der Waals surface area contributed by atoms with Crippen LogP contribution >= 0.6 is 0 Å². The van der Waals surface area contributed by atoms with E-state index in [9.17, 15) is 9.59 Å². The average Bonchev–Trinajstić information content (AvgIpc) is 2.55. The normalized spacial score (nSPS) is 28.1. The van der Waals surface area contributed by atoms with E-state index in [1.165, 1.54) is 11.1 Å². The number of carbonyl (C=O) groups is 2. The first-order chi connectivity index (χ1) is 11.9. The lowest BCUT2D eigenvalue weighted by atomic mass is 9.72. The first-order valence-corrected chi connectivity index (χ1v) is 9.25. The molecule has 5 nitrogen and oxygen atoms in total. The summed E-state index contributed by atoms with van der Waals surface area (Å²) in [5.74, 6) is -0.644. The number of rotatable bonds is 6. The van der Waals surface area contributed by atoms with Crippen LogP contribution in [-0.2, 0) is 22.4 Å². The summed E-state index contributed by atoms with van der Waals surface area (Å²) in [5, 5.41) is 12.2. The summed E-state index contributed by atoms with van der Waals surface area (Å²) in [6.45, 7) is 4.86. The SMILES string of the molecule is CCN(CC(=O)O)C1CC(NC(=O)C2(C)CCc3ccccc3C2)C1. The second kappa shape index (κ2) is 7.16. The van der Waals surface area contributed by atoms with E-state index in [1.807, 2.05) is 17.9 Å². The summed E-state index contributed by atoms with van der Waals surface area (Å²) >= 11 is 0. The van der Waals surface area contributed by atoms with Gasteiger partial charge in [0.05, 0.1) is 12.0 Å². The molecule has 0 aliphatic heterocycles. The van der Waals surface area contributed by atoms with Crippen LogP contribution in [0, 0.1) is 5.41 Å². The average molecular weight is 344 g/mol. The molecule has 2 aliphatic carbocycles. The lowest BCUT2D eigenvalue weighted by molar-refractivity contribution is -0.140. The highest BCUT2D eigenvalue weighted by molar-refractivity contribution is 5.83. The lowest BCUT2D eigenvalue weighted by Crippen LogP contribution is -2.57. The summed E-state index contributed by atoms with van der Waals surface area (Å²) in [5.41, 5.74) is 2.31. The third-order valence-corrected chi connectivity index (χ3v) is 5.90. The largest absolute Gasteiger partial charge is 0.480 e. The number of carboxylic acid groups (broad SMARTS) is 1. The number of benzene rings is 1. The molecule has 5 heteroatoms. The van der Waals surface area contributed by atoms with Gasteiger partial charge >= 0.3 is 5.97 Å². The zero-order valence-corrected chi connectivity index (χ0v) is 15.1. The number of hydrogen-bond donors (Lipinski definition) is 2. The Kier molecular flexibility index (Phi) is 5.13. The summed E-state index contributed by atoms with van der Waals surface area (Å²) in [6, 6.07) is 8.84. The van der Waals surface area contributed by atoms with Crippen molar-refractivity contribution in [3.05, 3.63) is 35.4 Å². The van der Waals surface area contributed by atoms with Crippen LogP contribution in [0.1, 0.15) is 44.2 Å². The minimum Gasteiger partial charge on any atom is -0.480 e. The molecule has 0 aromatic heterocycles. The van der Waals surface area contributed by atoms with Crippen LogP contribution in [0.3, 0.4) is 0 Å². The first kappa shape index (κ1) is 17.9. The standard InChI is InChI=1S/C20H28N2O3/c1-3-22(13-18(23)24)17-10-16(11-17)21-19(25)20(2)9-8-14-6-4-5-7-15(14)12-20/h4-7,16-17H,3,8-13H2,1-2H3,(H,21,25)(H,23,24). The van der Waals surface area contributed by atoms with E-state index in [4.69, 9.17) is 5.11 Å². The molecule has 0 heterocycles. The van der Waals surface area contributed by atoms with Crippen LogP contribution in [0.4, 0.5) is 0 Å². The Morgan fingerprint density at radius 3 is 2.60 bits per heavy atom. The van der Waals surface area contributed by atoms with Crippen molar-refractivity contribution < 1.29 is 14.7 Å². The third kappa shape index (κ3) is 3.87. The molecule has 2 N–H and O–H groups in total. The van der Waals surface area contributed by atoms with Gasteiger partial charge in [0.1, 0.15) is 0 Å². The van der Waals surface area contributed by atoms with E-state index >= 15 is 0 Å². The highest BCUT2D eigenvalue weighted by Gasteiger charge is 2.40. The highest BCUT2D eigenvalue weighted by Crippen LogP contribution is 2.36. The predicted octanol–water partition coefficient (Wildman–Crippen LogP) is 2.24. The summed E-state index contributed by atoms with van der Waals surface area (Å²) in [6.07, 6.45) is 4.33. The Balaban J connectivity index is 1.53. The van der Waals surface area contributed by atoms with Gasteiger partial charge in [0.15, 0.2) is 0 Å². The number of nitrogens with zero attached hydrogens (tertiary/aromatic N) is 1. The second-order valence-electron chi connectivity index (χ2n) is 7.76. The Labute approximate surface area is 149 Å². The Hall–Kier alpha value is -1.88. The van der Waals surface area contributed by atoms with Gasteiger partial charge in [-0.15, -0.1) is 0 Å². The molecular formula is C20H28N2O3. The summed E-state index contributed by atoms with van der Waals surface area (Å²) < 4.78 is 0. The van der Waals surface area contributed by atoms with E-state index in [2.05, 4.69) is 30.4 Å². The van der Waals surface area contributed by atoms with Crippen LogP contribution in [0.2, 0.25) is 0 Å². The minimum atomic E-state index is -0.789. The number of aliphatic carboxylic acids is 1. The third-order valence-electron chi connectivity index (χ3n) is 5.90. The molecule has 1 fully saturated rings. The Morgan fingerprint density at radius 1 is 1.28 bits per heavy atom. The second-order valence-corrected chi connectivity index (χ2v) is 7.76. The molecule has 1 amide bonds. The molecule has 1 aromatic rings. The van der Waals surface area contributed by atoms with Crippen LogP contribution in [0.15, 0.2) is 24.3 Å². The fraction of sp³-hybridized carbons (Fsp3) is 0.600. The van der Waals surface area contributed by atoms with Gasteiger partial charge in [0.2, 0.25) is 5.91 Å². The van der Waals surface area contributed by atoms with Crippen molar-refractivity contribution >= 4 is 11.9 Å². The van der Waals surface area contributed by atoms with Crippen molar-refractivity contribution in [2.45, 2.75) is 58.0 Å².